The van der Waals surface area contributed by atoms with Crippen LogP contribution in [0.5, 0.6) is 0 Å². The second-order valence-electron chi connectivity index (χ2n) is 6.43. The molecule has 1 aromatic carbocycles. The molecule has 3 nitrogen and oxygen atoms in total. The van der Waals surface area contributed by atoms with Gasteiger partial charge in [0.05, 0.1) is 0 Å². The summed E-state index contributed by atoms with van der Waals surface area (Å²) in [5.74, 6) is -0.0654. The maximum atomic E-state index is 11.6. The van der Waals surface area contributed by atoms with Gasteiger partial charge in [-0.25, -0.2) is 0 Å². The highest BCUT2D eigenvalue weighted by atomic mass is 16.4. The van der Waals surface area contributed by atoms with Crippen LogP contribution in [-0.4, -0.2) is 15.6 Å². The normalized spacial score (nSPS) is 16.3. The van der Waals surface area contributed by atoms with Gasteiger partial charge in [-0.05, 0) is 50.1 Å². The van der Waals surface area contributed by atoms with Crippen LogP contribution in [0, 0.1) is 5.92 Å². The van der Waals surface area contributed by atoms with Crippen LogP contribution in [0.4, 0.5) is 0 Å². The molecule has 3 heteroatoms. The second-order valence-corrected chi connectivity index (χ2v) is 6.43. The van der Waals surface area contributed by atoms with Crippen molar-refractivity contribution < 1.29 is 9.90 Å². The lowest BCUT2D eigenvalue weighted by Gasteiger charge is -2.29. The van der Waals surface area contributed by atoms with Gasteiger partial charge >= 0.3 is 5.97 Å². The van der Waals surface area contributed by atoms with E-state index in [1.165, 1.54) is 19.3 Å². The summed E-state index contributed by atoms with van der Waals surface area (Å²) >= 11 is 0. The third kappa shape index (κ3) is 2.01. The Hall–Kier alpha value is -1.77. The largest absolute Gasteiger partial charge is 0.481 e. The lowest BCUT2D eigenvalue weighted by atomic mass is 9.84. The van der Waals surface area contributed by atoms with E-state index in [1.54, 1.807) is 13.8 Å². The van der Waals surface area contributed by atoms with Crippen LogP contribution in [0.15, 0.2) is 30.3 Å². The zero-order valence-corrected chi connectivity index (χ0v) is 12.1. The van der Waals surface area contributed by atoms with Crippen LogP contribution < -0.4 is 0 Å². The van der Waals surface area contributed by atoms with E-state index in [1.807, 2.05) is 18.2 Å². The maximum absolute atomic E-state index is 11.6. The number of rotatable bonds is 4. The van der Waals surface area contributed by atoms with Crippen LogP contribution in [0.2, 0.25) is 0 Å². The third-order valence-electron chi connectivity index (χ3n) is 4.65. The first-order valence-electron chi connectivity index (χ1n) is 7.32. The third-order valence-corrected chi connectivity index (χ3v) is 4.65. The summed E-state index contributed by atoms with van der Waals surface area (Å²) < 4.78 is 2.23. The number of para-hydroxylation sites is 1. The van der Waals surface area contributed by atoms with Crippen LogP contribution in [0.25, 0.3) is 10.9 Å². The van der Waals surface area contributed by atoms with Crippen molar-refractivity contribution >= 4 is 16.9 Å². The standard InChI is InChI=1S/C17H21NO2/c1-17(2,16(19)20)15-10-13-8-3-4-9-14(13)18(15)11-12-6-5-7-12/h3-4,8-10,12H,5-7,11H2,1-2H3,(H,19,20). The number of fused-ring (bicyclic) bond motifs is 1. The Balaban J connectivity index is 2.14. The fraction of sp³-hybridized carbons (Fsp3) is 0.471. The molecule has 1 aromatic heterocycles. The zero-order chi connectivity index (χ0) is 14.3. The van der Waals surface area contributed by atoms with Gasteiger partial charge < -0.3 is 9.67 Å². The van der Waals surface area contributed by atoms with E-state index >= 15 is 0 Å². The molecule has 0 unspecified atom stereocenters. The molecule has 1 fully saturated rings. The van der Waals surface area contributed by atoms with Gasteiger partial charge in [-0.3, -0.25) is 4.79 Å². The molecule has 0 atom stereocenters. The molecule has 106 valence electrons. The number of aliphatic carboxylic acids is 1. The lowest BCUT2D eigenvalue weighted by Crippen LogP contribution is -2.32. The number of carboxylic acid groups (broad SMARTS) is 1. The van der Waals surface area contributed by atoms with Crippen LogP contribution in [0.3, 0.4) is 0 Å². The molecule has 3 rings (SSSR count). The molecule has 0 saturated heterocycles. The molecule has 0 radical (unpaired) electrons. The van der Waals surface area contributed by atoms with E-state index in [4.69, 9.17) is 0 Å². The van der Waals surface area contributed by atoms with E-state index in [0.717, 1.165) is 23.1 Å². The summed E-state index contributed by atoms with van der Waals surface area (Å²) in [6, 6.07) is 10.2. The first-order valence-corrected chi connectivity index (χ1v) is 7.32. The zero-order valence-electron chi connectivity index (χ0n) is 12.1. The average molecular weight is 271 g/mol. The SMILES string of the molecule is CC(C)(C(=O)O)c1cc2ccccc2n1CC1CCC1. The van der Waals surface area contributed by atoms with E-state index in [0.29, 0.717) is 5.92 Å². The van der Waals surface area contributed by atoms with Crippen molar-refractivity contribution in [3.8, 4) is 0 Å². The predicted molar refractivity (Wildman–Crippen MR) is 79.9 cm³/mol. The first kappa shape index (κ1) is 13.2. The van der Waals surface area contributed by atoms with Crippen molar-refractivity contribution in [3.63, 3.8) is 0 Å². The van der Waals surface area contributed by atoms with E-state index in [2.05, 4.69) is 16.7 Å². The van der Waals surface area contributed by atoms with Crippen molar-refractivity contribution in [2.75, 3.05) is 0 Å². The second kappa shape index (κ2) is 4.65. The Bertz CT molecular complexity index is 650. The fourth-order valence-electron chi connectivity index (χ4n) is 2.97. The highest BCUT2D eigenvalue weighted by Gasteiger charge is 2.34. The van der Waals surface area contributed by atoms with Crippen molar-refractivity contribution in [2.45, 2.75) is 45.1 Å². The molecule has 20 heavy (non-hydrogen) atoms. The minimum atomic E-state index is -0.858. The summed E-state index contributed by atoms with van der Waals surface area (Å²) in [5.41, 5.74) is 1.21. The average Bonchev–Trinajstić information content (AvgIpc) is 2.73. The Morgan fingerprint density at radius 1 is 1.35 bits per heavy atom. The summed E-state index contributed by atoms with van der Waals surface area (Å²) in [6.07, 6.45) is 3.83. The molecule has 1 saturated carbocycles. The monoisotopic (exact) mass is 271 g/mol. The van der Waals surface area contributed by atoms with Crippen LogP contribution >= 0.6 is 0 Å². The van der Waals surface area contributed by atoms with Gasteiger partial charge in [0.15, 0.2) is 0 Å². The number of benzene rings is 1. The van der Waals surface area contributed by atoms with Gasteiger partial charge in [0.1, 0.15) is 5.41 Å². The minimum Gasteiger partial charge on any atom is -0.481 e. The quantitative estimate of drug-likeness (QED) is 0.919. The molecule has 0 bridgehead atoms. The minimum absolute atomic E-state index is 0.703. The van der Waals surface area contributed by atoms with E-state index in [-0.39, 0.29) is 0 Å². The predicted octanol–water partition coefficient (Wildman–Crippen LogP) is 3.80. The Kier molecular flexibility index (Phi) is 3.08. The Morgan fingerprint density at radius 2 is 2.05 bits per heavy atom. The fourth-order valence-corrected chi connectivity index (χ4v) is 2.97. The molecule has 1 aliphatic carbocycles. The lowest BCUT2D eigenvalue weighted by molar-refractivity contribution is -0.142. The first-order chi connectivity index (χ1) is 9.50. The van der Waals surface area contributed by atoms with Crippen LogP contribution in [0.1, 0.15) is 38.8 Å². The number of hydrogen-bond acceptors (Lipinski definition) is 1. The number of nitrogens with zero attached hydrogens (tertiary/aromatic N) is 1. The maximum Gasteiger partial charge on any atom is 0.315 e. The van der Waals surface area contributed by atoms with Gasteiger partial charge in [0, 0.05) is 17.8 Å². The summed E-state index contributed by atoms with van der Waals surface area (Å²) in [7, 11) is 0. The number of hydrogen-bond donors (Lipinski definition) is 1. The van der Waals surface area contributed by atoms with Crippen LogP contribution in [-0.2, 0) is 16.8 Å². The molecule has 1 aliphatic rings. The van der Waals surface area contributed by atoms with Gasteiger partial charge in [-0.1, -0.05) is 24.6 Å². The van der Waals surface area contributed by atoms with E-state index in [9.17, 15) is 9.90 Å². The Morgan fingerprint density at radius 3 is 2.65 bits per heavy atom. The molecule has 2 aromatic rings. The summed E-state index contributed by atoms with van der Waals surface area (Å²) in [5, 5.41) is 10.7. The van der Waals surface area contributed by atoms with Gasteiger partial charge in [-0.15, -0.1) is 0 Å². The van der Waals surface area contributed by atoms with E-state index < -0.39 is 11.4 Å². The van der Waals surface area contributed by atoms with Gasteiger partial charge in [-0.2, -0.15) is 0 Å². The van der Waals surface area contributed by atoms with Crippen molar-refractivity contribution in [1.29, 1.82) is 0 Å². The Labute approximate surface area is 119 Å². The number of carbonyl (C=O) groups is 1. The smallest absolute Gasteiger partial charge is 0.315 e. The highest BCUT2D eigenvalue weighted by molar-refractivity contribution is 5.86. The van der Waals surface area contributed by atoms with Crippen molar-refractivity contribution in [2.24, 2.45) is 5.92 Å². The molecule has 1 N–H and O–H groups in total. The molecule has 0 spiro atoms. The van der Waals surface area contributed by atoms with Gasteiger partial charge in [0.2, 0.25) is 0 Å². The molecular formula is C17H21NO2. The van der Waals surface area contributed by atoms with Gasteiger partial charge in [0.25, 0.3) is 0 Å². The molecule has 1 heterocycles. The molecular weight excluding hydrogens is 250 g/mol. The topological polar surface area (TPSA) is 42.2 Å². The summed E-state index contributed by atoms with van der Waals surface area (Å²) in [4.78, 5) is 11.6. The summed E-state index contributed by atoms with van der Waals surface area (Å²) in [6.45, 7) is 4.53. The number of carboxylic acids is 1. The molecule has 0 aliphatic heterocycles. The van der Waals surface area contributed by atoms with Crippen molar-refractivity contribution in [3.05, 3.63) is 36.0 Å². The molecule has 0 amide bonds. The van der Waals surface area contributed by atoms with Crippen molar-refractivity contribution in [1.82, 2.24) is 4.57 Å². The number of aromatic nitrogens is 1. The highest BCUT2D eigenvalue weighted by Crippen LogP contribution is 2.34.